The number of fused-ring (bicyclic) bond motifs is 4. The topological polar surface area (TPSA) is 97.8 Å². The van der Waals surface area contributed by atoms with Crippen molar-refractivity contribution >= 4 is 226 Å². The molecule has 6 nitrogen and oxygen atoms in total. The molecule has 20 rings (SSSR count). The van der Waals surface area contributed by atoms with E-state index in [4.69, 9.17) is 10.0 Å². The number of H-pyrrole nitrogens is 2. The van der Waals surface area contributed by atoms with Gasteiger partial charge in [-0.05, 0) is 177 Å². The van der Waals surface area contributed by atoms with Crippen molar-refractivity contribution in [3.8, 4) is 10.4 Å². The van der Waals surface area contributed by atoms with Crippen LogP contribution >= 0.6 is 109 Å². The van der Waals surface area contributed by atoms with E-state index in [1.807, 2.05) is 54.1 Å². The molecular formula is C102H80BBr2IN4O2P4PdS2. The molecule has 0 spiro atoms. The number of thiophene rings is 2. The normalized spacial score (nSPS) is 10.6. The Hall–Kier alpha value is -9.56. The second kappa shape index (κ2) is 45.7. The summed E-state index contributed by atoms with van der Waals surface area (Å²) < 4.78 is 6.34. The molecule has 0 unspecified atom stereocenters. The molecular weight excluding hydrogens is 1910 g/mol. The van der Waals surface area contributed by atoms with Gasteiger partial charge in [0.25, 0.3) is 0 Å². The number of benzene rings is 16. The molecule has 0 aliphatic carbocycles. The predicted molar refractivity (Wildman–Crippen MR) is 533 cm³/mol. The molecule has 4 aromatic heterocycles. The van der Waals surface area contributed by atoms with Gasteiger partial charge >= 0.3 is 7.12 Å². The fourth-order valence-electron chi connectivity index (χ4n) is 13.2. The summed E-state index contributed by atoms with van der Waals surface area (Å²) in [6, 6.07) is 158. The Morgan fingerprint density at radius 2 is 0.504 bits per heavy atom. The molecule has 586 valence electrons. The van der Waals surface area contributed by atoms with E-state index in [1.54, 1.807) is 6.07 Å². The SMILES string of the molecule is Brc1cc(-c2cc3ccccc3s2)c2[nH]ncc2c1.Brc1cc(I)c2[nH]ncc2c1.OB(O)c1cc2ccccc2s1.[Pd].c1ccc(P(c2ccccc2)c2ccccc2)cc1.c1ccc(P(c2ccccc2)c2ccccc2)cc1.c1ccc(P(c2ccccc2)c2ccccc2)cc1.c1ccc(P(c2ccccc2)c2ccccc2)cc1. The van der Waals surface area contributed by atoms with Gasteiger partial charge in [-0.15, -0.1) is 22.7 Å². The first-order valence-corrected chi connectivity index (χ1v) is 47.9. The van der Waals surface area contributed by atoms with Crippen LogP contribution in [-0.4, -0.2) is 37.6 Å². The van der Waals surface area contributed by atoms with Crippen molar-refractivity contribution in [1.29, 1.82) is 0 Å². The summed E-state index contributed by atoms with van der Waals surface area (Å²) in [5.74, 6) is 0. The molecule has 0 saturated heterocycles. The van der Waals surface area contributed by atoms with Crippen LogP contribution in [-0.2, 0) is 20.4 Å². The first-order valence-electron chi connectivity index (χ1n) is 38.2. The van der Waals surface area contributed by atoms with E-state index in [0.717, 1.165) is 40.8 Å². The molecule has 0 radical (unpaired) electrons. The third kappa shape index (κ3) is 24.4. The third-order valence-electron chi connectivity index (χ3n) is 18.5. The molecule has 4 heterocycles. The van der Waals surface area contributed by atoms with Crippen LogP contribution in [0.4, 0.5) is 0 Å². The number of nitrogens with one attached hydrogen (secondary N) is 2. The van der Waals surface area contributed by atoms with Crippen LogP contribution in [0.2, 0.25) is 0 Å². The molecule has 0 saturated carbocycles. The van der Waals surface area contributed by atoms with Crippen molar-refractivity contribution in [2.75, 3.05) is 0 Å². The largest absolute Gasteiger partial charge is 0.499 e. The number of rotatable bonds is 14. The Kier molecular flexibility index (Phi) is 33.5. The van der Waals surface area contributed by atoms with E-state index in [-0.39, 0.29) is 20.4 Å². The number of aromatic nitrogens is 4. The average molecular weight is 1990 g/mol. The number of halogens is 3. The Morgan fingerprint density at radius 3 is 0.773 bits per heavy atom. The zero-order valence-electron chi connectivity index (χ0n) is 64.3. The molecule has 16 aromatic carbocycles. The Balaban J connectivity index is 0.000000121. The fraction of sp³-hybridized carbons (Fsp3) is 0. The van der Waals surface area contributed by atoms with Crippen molar-refractivity contribution < 1.29 is 30.5 Å². The number of hydrogen-bond acceptors (Lipinski definition) is 6. The van der Waals surface area contributed by atoms with Crippen molar-refractivity contribution in [2.45, 2.75) is 0 Å². The summed E-state index contributed by atoms with van der Waals surface area (Å²) >= 11 is 12.5. The average Bonchev–Trinajstić information content (AvgIpc) is 1.62. The molecule has 0 amide bonds. The van der Waals surface area contributed by atoms with E-state index in [0.29, 0.717) is 4.78 Å². The molecule has 0 fully saturated rings. The summed E-state index contributed by atoms with van der Waals surface area (Å²) in [6.45, 7) is 0. The van der Waals surface area contributed by atoms with Gasteiger partial charge in [0.2, 0.25) is 0 Å². The fourth-order valence-corrected chi connectivity index (χ4v) is 26.5. The Bertz CT molecular complexity index is 5440. The summed E-state index contributed by atoms with van der Waals surface area (Å²) in [5.41, 5.74) is 3.40. The van der Waals surface area contributed by atoms with Gasteiger partial charge in [-0.1, -0.05) is 432 Å². The van der Waals surface area contributed by atoms with Crippen molar-refractivity contribution in [3.05, 3.63) is 474 Å². The summed E-state index contributed by atoms with van der Waals surface area (Å²) in [5, 5.41) is 53.3. The van der Waals surface area contributed by atoms with Crippen LogP contribution in [0.15, 0.2) is 470 Å². The molecule has 20 aromatic rings. The van der Waals surface area contributed by atoms with Crippen LogP contribution in [0, 0.1) is 3.57 Å². The minimum Gasteiger partial charge on any atom is -0.423 e. The summed E-state index contributed by atoms with van der Waals surface area (Å²) in [7, 11) is -3.13. The van der Waals surface area contributed by atoms with E-state index >= 15 is 0 Å². The third-order valence-corrected chi connectivity index (χ3v) is 32.4. The second-order valence-corrected chi connectivity index (χ2v) is 40.7. The first-order chi connectivity index (χ1) is 58.1. The maximum atomic E-state index is 8.89. The van der Waals surface area contributed by atoms with E-state index < -0.39 is 38.8 Å². The second-order valence-electron chi connectivity index (χ2n) is 26.6. The van der Waals surface area contributed by atoms with Gasteiger partial charge in [-0.2, -0.15) is 10.2 Å². The first kappa shape index (κ1) is 87.3. The molecule has 119 heavy (non-hydrogen) atoms. The van der Waals surface area contributed by atoms with Gasteiger partial charge in [0.05, 0.1) is 23.4 Å². The van der Waals surface area contributed by atoms with Crippen LogP contribution < -0.4 is 68.4 Å². The Labute approximate surface area is 753 Å². The number of hydrogen-bond donors (Lipinski definition) is 4. The van der Waals surface area contributed by atoms with Crippen molar-refractivity contribution in [3.63, 3.8) is 0 Å². The standard InChI is InChI=1S/4C18H15P.C15H9BrN2S.C8H7BO2S.C7H4BrIN2.Pd/c4*1-4-10-16(11-5-1)19(17-12-6-2-7-13-17)18-14-8-3-9-15-18;16-11-5-10-8-17-18-15(10)12(7-11)14-6-9-3-1-2-4-13(9)19-14;10-9(11)8-5-6-3-1-2-4-7(6)12-8;8-5-1-4-3-10-11-7(4)6(9)2-5;/h4*1-15H;1-8H,(H,17,18);1-5,10-11H;1-3H,(H,10,11);. The molecule has 17 heteroatoms. The van der Waals surface area contributed by atoms with E-state index in [9.17, 15) is 0 Å². The van der Waals surface area contributed by atoms with Gasteiger partial charge < -0.3 is 10.0 Å². The number of aromatic amines is 2. The zero-order valence-corrected chi connectivity index (χ0v) is 76.4. The molecule has 0 aliphatic rings. The maximum absolute atomic E-state index is 8.89. The van der Waals surface area contributed by atoms with Gasteiger partial charge in [-0.25, -0.2) is 0 Å². The van der Waals surface area contributed by atoms with Crippen molar-refractivity contribution in [2.24, 2.45) is 0 Å². The van der Waals surface area contributed by atoms with Gasteiger partial charge in [0, 0.05) is 68.3 Å². The Morgan fingerprint density at radius 1 is 0.269 bits per heavy atom. The van der Waals surface area contributed by atoms with Gasteiger partial charge in [0.15, 0.2) is 0 Å². The summed E-state index contributed by atoms with van der Waals surface area (Å²) in [6.07, 6.45) is 3.68. The molecule has 0 bridgehead atoms. The zero-order chi connectivity index (χ0) is 80.9. The molecule has 0 aliphatic heterocycles. The van der Waals surface area contributed by atoms with Crippen LogP contribution in [0.1, 0.15) is 0 Å². The van der Waals surface area contributed by atoms with Crippen molar-refractivity contribution in [1.82, 2.24) is 20.4 Å². The van der Waals surface area contributed by atoms with Crippen LogP contribution in [0.5, 0.6) is 0 Å². The minimum atomic E-state index is -1.35. The molecule has 0 atom stereocenters. The minimum absolute atomic E-state index is 0. The predicted octanol–water partition coefficient (Wildman–Crippen LogP) is 22.5. The van der Waals surface area contributed by atoms with Gasteiger partial charge in [-0.3, -0.25) is 10.2 Å². The number of nitrogens with zero attached hydrogens (tertiary/aromatic N) is 2. The van der Waals surface area contributed by atoms with E-state index in [2.05, 4.69) is 487 Å². The van der Waals surface area contributed by atoms with Crippen LogP contribution in [0.25, 0.3) is 52.4 Å². The van der Waals surface area contributed by atoms with Crippen LogP contribution in [0.3, 0.4) is 0 Å². The quantitative estimate of drug-likeness (QED) is 0.0495. The molecule has 4 N–H and O–H groups in total. The monoisotopic (exact) mass is 1980 g/mol. The van der Waals surface area contributed by atoms with Gasteiger partial charge in [0.1, 0.15) is 0 Å². The maximum Gasteiger partial charge on any atom is 0.499 e. The smallest absolute Gasteiger partial charge is 0.423 e. The van der Waals surface area contributed by atoms with E-state index in [1.165, 1.54) is 99.1 Å². The summed E-state index contributed by atoms with van der Waals surface area (Å²) in [4.78, 5) is 1.26.